The van der Waals surface area contributed by atoms with Crippen LogP contribution in [0.4, 0.5) is 5.69 Å². The van der Waals surface area contributed by atoms with Crippen molar-refractivity contribution in [3.05, 3.63) is 52.6 Å². The molecule has 3 rings (SSSR count). The van der Waals surface area contributed by atoms with Crippen LogP contribution >= 0.6 is 0 Å². The summed E-state index contributed by atoms with van der Waals surface area (Å²) in [6.07, 6.45) is -0.484. The van der Waals surface area contributed by atoms with E-state index in [9.17, 15) is 19.8 Å². The highest BCUT2D eigenvalue weighted by Crippen LogP contribution is 2.42. The molecule has 1 aliphatic carbocycles. The first-order chi connectivity index (χ1) is 13.4. The van der Waals surface area contributed by atoms with Crippen LogP contribution in [-0.4, -0.2) is 40.9 Å². The number of phenols is 2. The zero-order chi connectivity index (χ0) is 20.4. The smallest absolute Gasteiger partial charge is 0.198 e. The molecule has 0 amide bonds. The highest BCUT2D eigenvalue weighted by atomic mass is 16.7. The summed E-state index contributed by atoms with van der Waals surface area (Å²) in [6, 6.07) is 7.56. The lowest BCUT2D eigenvalue weighted by Gasteiger charge is -2.25. The van der Waals surface area contributed by atoms with Crippen molar-refractivity contribution in [3.63, 3.8) is 0 Å². The van der Waals surface area contributed by atoms with E-state index in [0.717, 1.165) is 0 Å². The molecular formula is C21H23NO6. The number of fused-ring (bicyclic) bond motifs is 2. The molecule has 7 nitrogen and oxygen atoms in total. The minimum absolute atomic E-state index is 0.104. The van der Waals surface area contributed by atoms with Crippen molar-refractivity contribution in [2.75, 3.05) is 11.9 Å². The summed E-state index contributed by atoms with van der Waals surface area (Å²) >= 11 is 0. The van der Waals surface area contributed by atoms with Gasteiger partial charge in [0.05, 0.1) is 16.8 Å². The number of aromatic hydroxyl groups is 2. The molecule has 3 N–H and O–H groups in total. The van der Waals surface area contributed by atoms with Crippen LogP contribution in [-0.2, 0) is 9.47 Å². The van der Waals surface area contributed by atoms with Crippen LogP contribution in [0.1, 0.15) is 59.0 Å². The van der Waals surface area contributed by atoms with Crippen LogP contribution in [0.3, 0.4) is 0 Å². The van der Waals surface area contributed by atoms with Gasteiger partial charge in [-0.15, -0.1) is 0 Å². The molecule has 0 saturated heterocycles. The van der Waals surface area contributed by atoms with Gasteiger partial charge < -0.3 is 25.0 Å². The predicted molar refractivity (Wildman–Crippen MR) is 103 cm³/mol. The van der Waals surface area contributed by atoms with Gasteiger partial charge in [-0.1, -0.05) is 31.2 Å². The normalized spacial score (nSPS) is 15.0. The number of carbonyl (C=O) groups excluding carboxylic acids is 2. The molecule has 0 fully saturated rings. The zero-order valence-corrected chi connectivity index (χ0v) is 16.0. The lowest BCUT2D eigenvalue weighted by atomic mass is 9.82. The third-order valence-electron chi connectivity index (χ3n) is 4.59. The Morgan fingerprint density at radius 2 is 1.64 bits per heavy atom. The highest BCUT2D eigenvalue weighted by molar-refractivity contribution is 6.30. The fraction of sp³-hybridized carbons (Fsp3) is 0.333. The maximum Gasteiger partial charge on any atom is 0.198 e. The Kier molecular flexibility index (Phi) is 5.67. The molecule has 148 valence electrons. The van der Waals surface area contributed by atoms with E-state index in [2.05, 4.69) is 5.32 Å². The largest absolute Gasteiger partial charge is 0.507 e. The molecule has 0 aliphatic heterocycles. The van der Waals surface area contributed by atoms with Gasteiger partial charge in [0, 0.05) is 23.8 Å². The third-order valence-corrected chi connectivity index (χ3v) is 4.59. The molecule has 28 heavy (non-hydrogen) atoms. The summed E-state index contributed by atoms with van der Waals surface area (Å²) in [7, 11) is 0. The van der Waals surface area contributed by atoms with E-state index in [4.69, 9.17) is 9.47 Å². The highest BCUT2D eigenvalue weighted by Gasteiger charge is 2.35. The van der Waals surface area contributed by atoms with Crippen molar-refractivity contribution in [2.24, 2.45) is 0 Å². The Balaban J connectivity index is 2.00. The fourth-order valence-electron chi connectivity index (χ4n) is 3.28. The summed E-state index contributed by atoms with van der Waals surface area (Å²) < 4.78 is 11.1. The van der Waals surface area contributed by atoms with E-state index >= 15 is 0 Å². The molecule has 0 spiro atoms. The number of ether oxygens (including phenoxy) is 2. The molecule has 0 aromatic heterocycles. The standard InChI is InChI=1S/C21H23NO6/c1-4-16(28-11(3)27-5-2)22-14-10-15(23)17-18(21(14)26)20(25)13-9-7-6-8-12(13)19(17)24/h6-11,16,22-23,26H,4-5H2,1-3H3. The minimum atomic E-state index is -0.536. The number of hydrogen-bond acceptors (Lipinski definition) is 7. The molecule has 0 saturated carbocycles. The predicted octanol–water partition coefficient (Wildman–Crippen LogP) is 3.42. The van der Waals surface area contributed by atoms with Crippen molar-refractivity contribution in [3.8, 4) is 11.5 Å². The van der Waals surface area contributed by atoms with Crippen molar-refractivity contribution in [2.45, 2.75) is 39.7 Å². The van der Waals surface area contributed by atoms with Gasteiger partial charge in [-0.05, 0) is 20.3 Å². The van der Waals surface area contributed by atoms with Gasteiger partial charge in [-0.25, -0.2) is 0 Å². The molecular weight excluding hydrogens is 362 g/mol. The Labute approximate surface area is 162 Å². The first-order valence-electron chi connectivity index (χ1n) is 9.19. The molecule has 2 aromatic carbocycles. The Bertz CT molecular complexity index is 923. The molecule has 1 aliphatic rings. The van der Waals surface area contributed by atoms with Gasteiger partial charge in [0.2, 0.25) is 0 Å². The van der Waals surface area contributed by atoms with Crippen molar-refractivity contribution in [1.29, 1.82) is 0 Å². The van der Waals surface area contributed by atoms with Gasteiger partial charge in [-0.2, -0.15) is 0 Å². The number of ketones is 2. The summed E-state index contributed by atoms with van der Waals surface area (Å²) in [4.78, 5) is 25.6. The fourth-order valence-corrected chi connectivity index (χ4v) is 3.28. The molecule has 2 unspecified atom stereocenters. The van der Waals surface area contributed by atoms with Gasteiger partial charge in [0.15, 0.2) is 23.6 Å². The monoisotopic (exact) mass is 385 g/mol. The lowest BCUT2D eigenvalue weighted by Crippen LogP contribution is -2.29. The van der Waals surface area contributed by atoms with Crippen molar-refractivity contribution >= 4 is 17.3 Å². The third kappa shape index (κ3) is 3.46. The maximum absolute atomic E-state index is 12.9. The molecule has 0 radical (unpaired) electrons. The number of phenolic OH excluding ortho intramolecular Hbond substituents is 2. The Hall–Kier alpha value is -2.90. The van der Waals surface area contributed by atoms with Crippen molar-refractivity contribution < 1.29 is 29.3 Å². The van der Waals surface area contributed by atoms with Gasteiger partial charge in [-0.3, -0.25) is 9.59 Å². The lowest BCUT2D eigenvalue weighted by molar-refractivity contribution is -0.150. The van der Waals surface area contributed by atoms with Crippen LogP contribution in [0, 0.1) is 0 Å². The van der Waals surface area contributed by atoms with Gasteiger partial charge in [0.1, 0.15) is 12.0 Å². The van der Waals surface area contributed by atoms with E-state index in [-0.39, 0.29) is 33.7 Å². The summed E-state index contributed by atoms with van der Waals surface area (Å²) in [6.45, 7) is 5.95. The molecule has 2 aromatic rings. The van der Waals surface area contributed by atoms with E-state index in [1.165, 1.54) is 18.2 Å². The van der Waals surface area contributed by atoms with E-state index in [0.29, 0.717) is 13.0 Å². The second-order valence-electron chi connectivity index (χ2n) is 6.45. The number of rotatable bonds is 7. The van der Waals surface area contributed by atoms with E-state index in [1.807, 2.05) is 13.8 Å². The van der Waals surface area contributed by atoms with Gasteiger partial charge >= 0.3 is 0 Å². The SMILES string of the molecule is CCOC(C)OC(CC)Nc1cc(O)c2c(c1O)C(=O)c1ccccc1C2=O. The molecule has 2 atom stereocenters. The topological polar surface area (TPSA) is 105 Å². The first-order valence-corrected chi connectivity index (χ1v) is 9.19. The van der Waals surface area contributed by atoms with Crippen LogP contribution in [0.2, 0.25) is 0 Å². The number of hydrogen-bond donors (Lipinski definition) is 3. The average Bonchev–Trinajstić information content (AvgIpc) is 2.68. The summed E-state index contributed by atoms with van der Waals surface area (Å²) in [5, 5.41) is 24.1. The number of anilines is 1. The number of nitrogens with one attached hydrogen (secondary N) is 1. The zero-order valence-electron chi connectivity index (χ0n) is 16.0. The number of benzene rings is 2. The van der Waals surface area contributed by atoms with Crippen LogP contribution < -0.4 is 5.32 Å². The second-order valence-corrected chi connectivity index (χ2v) is 6.45. The van der Waals surface area contributed by atoms with Gasteiger partial charge in [0.25, 0.3) is 0 Å². The second kappa shape index (κ2) is 8.00. The summed E-state index contributed by atoms with van der Waals surface area (Å²) in [5.74, 6) is -1.79. The van der Waals surface area contributed by atoms with E-state index in [1.54, 1.807) is 19.1 Å². The quantitative estimate of drug-likeness (QED) is 0.325. The van der Waals surface area contributed by atoms with Crippen molar-refractivity contribution in [1.82, 2.24) is 0 Å². The first kappa shape index (κ1) is 19.9. The summed E-state index contributed by atoms with van der Waals surface area (Å²) in [5.41, 5.74) is 0.102. The van der Waals surface area contributed by atoms with Crippen LogP contribution in [0.25, 0.3) is 0 Å². The molecule has 7 heteroatoms. The van der Waals surface area contributed by atoms with Crippen LogP contribution in [0.5, 0.6) is 11.5 Å². The molecule has 0 heterocycles. The van der Waals surface area contributed by atoms with Crippen LogP contribution in [0.15, 0.2) is 30.3 Å². The van der Waals surface area contributed by atoms with E-state index < -0.39 is 29.8 Å². The average molecular weight is 385 g/mol. The molecule has 0 bridgehead atoms. The Morgan fingerprint density at radius 1 is 1.04 bits per heavy atom. The minimum Gasteiger partial charge on any atom is -0.507 e. The Morgan fingerprint density at radius 3 is 2.21 bits per heavy atom. The number of carbonyl (C=O) groups is 2. The maximum atomic E-state index is 12.9.